The number of aliphatic hydroxyl groups excluding tert-OH is 1. The van der Waals surface area contributed by atoms with E-state index in [-0.39, 0.29) is 5.69 Å². The summed E-state index contributed by atoms with van der Waals surface area (Å²) in [7, 11) is -2.18. The second kappa shape index (κ2) is 6.20. The number of ether oxygens (including phenoxy) is 1. The van der Waals surface area contributed by atoms with E-state index in [9.17, 15) is 13.5 Å². The molecule has 0 heterocycles. The molecule has 112 valence electrons. The van der Waals surface area contributed by atoms with Gasteiger partial charge in [0.2, 0.25) is 10.0 Å². The van der Waals surface area contributed by atoms with Crippen molar-refractivity contribution in [3.8, 4) is 5.75 Å². The molecule has 7 heteroatoms. The molecule has 0 aromatic heterocycles. The predicted molar refractivity (Wildman–Crippen MR) is 78.8 cm³/mol. The van der Waals surface area contributed by atoms with Crippen molar-refractivity contribution in [2.45, 2.75) is 37.0 Å². The highest BCUT2D eigenvalue weighted by Gasteiger charge is 2.34. The minimum atomic E-state index is -3.67. The van der Waals surface area contributed by atoms with Crippen LogP contribution in [0.25, 0.3) is 0 Å². The summed E-state index contributed by atoms with van der Waals surface area (Å²) in [5.41, 5.74) is 0.267. The van der Waals surface area contributed by atoms with Gasteiger partial charge in [-0.3, -0.25) is 4.72 Å². The van der Waals surface area contributed by atoms with E-state index in [1.54, 1.807) is 12.1 Å². The molecule has 2 N–H and O–H groups in total. The van der Waals surface area contributed by atoms with Gasteiger partial charge in [0.05, 0.1) is 23.9 Å². The number of hydrogen-bond acceptors (Lipinski definition) is 4. The SMILES string of the molecule is COc1ccc(Cl)c(NS(=O)(=O)C2CCCCC2O)c1. The molecular formula is C13H18ClNO4S. The van der Waals surface area contributed by atoms with E-state index in [1.807, 2.05) is 0 Å². The Morgan fingerprint density at radius 2 is 2.05 bits per heavy atom. The number of halogens is 1. The first-order valence-electron chi connectivity index (χ1n) is 6.47. The highest BCUT2D eigenvalue weighted by atomic mass is 35.5. The summed E-state index contributed by atoms with van der Waals surface area (Å²) in [6, 6.07) is 4.74. The van der Waals surface area contributed by atoms with Crippen LogP contribution in [0.4, 0.5) is 5.69 Å². The van der Waals surface area contributed by atoms with Crippen LogP contribution in [0.15, 0.2) is 18.2 Å². The highest BCUT2D eigenvalue weighted by molar-refractivity contribution is 7.93. The molecule has 1 fully saturated rings. The molecule has 0 amide bonds. The van der Waals surface area contributed by atoms with Crippen molar-refractivity contribution in [2.75, 3.05) is 11.8 Å². The van der Waals surface area contributed by atoms with Gasteiger partial charge in [-0.1, -0.05) is 24.4 Å². The van der Waals surface area contributed by atoms with Crippen LogP contribution in [0.2, 0.25) is 5.02 Å². The lowest BCUT2D eigenvalue weighted by Crippen LogP contribution is -2.40. The predicted octanol–water partition coefficient (Wildman–Crippen LogP) is 2.39. The summed E-state index contributed by atoms with van der Waals surface area (Å²) in [5, 5.41) is 9.37. The Kier molecular flexibility index (Phi) is 4.78. The van der Waals surface area contributed by atoms with E-state index in [0.29, 0.717) is 23.6 Å². The fourth-order valence-electron chi connectivity index (χ4n) is 2.38. The van der Waals surface area contributed by atoms with Gasteiger partial charge in [-0.2, -0.15) is 0 Å². The van der Waals surface area contributed by atoms with Crippen molar-refractivity contribution < 1.29 is 18.3 Å². The fourth-order valence-corrected chi connectivity index (χ4v) is 4.25. The van der Waals surface area contributed by atoms with E-state index in [0.717, 1.165) is 12.8 Å². The Morgan fingerprint density at radius 3 is 2.70 bits per heavy atom. The second-order valence-corrected chi connectivity index (χ2v) is 7.19. The molecule has 1 aliphatic carbocycles. The maximum absolute atomic E-state index is 12.3. The molecule has 0 radical (unpaired) electrons. The number of aliphatic hydroxyl groups is 1. The van der Waals surface area contributed by atoms with Gasteiger partial charge in [-0.15, -0.1) is 0 Å². The largest absolute Gasteiger partial charge is 0.497 e. The molecule has 2 atom stereocenters. The molecule has 1 aliphatic rings. The maximum atomic E-state index is 12.3. The van der Waals surface area contributed by atoms with Gasteiger partial charge < -0.3 is 9.84 Å². The van der Waals surface area contributed by atoms with E-state index < -0.39 is 21.4 Å². The summed E-state index contributed by atoms with van der Waals surface area (Å²) < 4.78 is 32.2. The topological polar surface area (TPSA) is 75.6 Å². The number of methoxy groups -OCH3 is 1. The summed E-state index contributed by atoms with van der Waals surface area (Å²) in [4.78, 5) is 0. The summed E-state index contributed by atoms with van der Waals surface area (Å²) in [5.74, 6) is 0.510. The Bertz CT molecular complexity index is 576. The molecule has 5 nitrogen and oxygen atoms in total. The standard InChI is InChI=1S/C13H18ClNO4S/c1-19-9-6-7-10(14)11(8-9)15-20(17,18)13-5-3-2-4-12(13)16/h6-8,12-13,15-16H,2-5H2,1H3. The van der Waals surface area contributed by atoms with Crippen LogP contribution >= 0.6 is 11.6 Å². The molecular weight excluding hydrogens is 302 g/mol. The minimum Gasteiger partial charge on any atom is -0.497 e. The van der Waals surface area contributed by atoms with E-state index in [1.165, 1.54) is 13.2 Å². The van der Waals surface area contributed by atoms with Crippen molar-refractivity contribution in [3.63, 3.8) is 0 Å². The molecule has 0 bridgehead atoms. The van der Waals surface area contributed by atoms with Gasteiger partial charge in [0.15, 0.2) is 0 Å². The van der Waals surface area contributed by atoms with Crippen molar-refractivity contribution in [1.29, 1.82) is 0 Å². The molecule has 2 unspecified atom stereocenters. The fraction of sp³-hybridized carbons (Fsp3) is 0.538. The third-order valence-electron chi connectivity index (χ3n) is 3.49. The Labute approximate surface area is 124 Å². The lowest BCUT2D eigenvalue weighted by Gasteiger charge is -2.27. The van der Waals surface area contributed by atoms with E-state index in [2.05, 4.69) is 4.72 Å². The smallest absolute Gasteiger partial charge is 0.238 e. The zero-order valence-corrected chi connectivity index (χ0v) is 12.7. The second-order valence-electron chi connectivity index (χ2n) is 4.88. The van der Waals surface area contributed by atoms with Crippen molar-refractivity contribution in [1.82, 2.24) is 0 Å². The Morgan fingerprint density at radius 1 is 1.35 bits per heavy atom. The van der Waals surface area contributed by atoms with Crippen molar-refractivity contribution >= 4 is 27.3 Å². The third kappa shape index (κ3) is 3.37. The molecule has 1 saturated carbocycles. The normalized spacial score (nSPS) is 23.4. The number of hydrogen-bond donors (Lipinski definition) is 2. The molecule has 0 spiro atoms. The maximum Gasteiger partial charge on any atom is 0.238 e. The van der Waals surface area contributed by atoms with Gasteiger partial charge in [0, 0.05) is 6.07 Å². The van der Waals surface area contributed by atoms with Crippen molar-refractivity contribution in [2.24, 2.45) is 0 Å². The molecule has 2 rings (SSSR count). The lowest BCUT2D eigenvalue weighted by molar-refractivity contribution is 0.133. The van der Waals surface area contributed by atoms with Gasteiger partial charge >= 0.3 is 0 Å². The van der Waals surface area contributed by atoms with E-state index >= 15 is 0 Å². The van der Waals surface area contributed by atoms with Crippen LogP contribution < -0.4 is 9.46 Å². The number of anilines is 1. The minimum absolute atomic E-state index is 0.267. The lowest BCUT2D eigenvalue weighted by atomic mass is 9.97. The van der Waals surface area contributed by atoms with Crippen LogP contribution in [0.1, 0.15) is 25.7 Å². The number of rotatable bonds is 4. The first-order valence-corrected chi connectivity index (χ1v) is 8.39. The molecule has 0 saturated heterocycles. The zero-order chi connectivity index (χ0) is 14.8. The zero-order valence-electron chi connectivity index (χ0n) is 11.2. The van der Waals surface area contributed by atoms with Gasteiger partial charge in [0.1, 0.15) is 11.0 Å². The Balaban J connectivity index is 2.23. The third-order valence-corrected chi connectivity index (χ3v) is 5.67. The average Bonchev–Trinajstić information content (AvgIpc) is 2.41. The van der Waals surface area contributed by atoms with Crippen LogP contribution in [0, 0.1) is 0 Å². The number of benzene rings is 1. The first kappa shape index (κ1) is 15.4. The molecule has 20 heavy (non-hydrogen) atoms. The number of nitrogens with one attached hydrogen (secondary N) is 1. The van der Waals surface area contributed by atoms with Gasteiger partial charge in [-0.25, -0.2) is 8.42 Å². The van der Waals surface area contributed by atoms with Crippen molar-refractivity contribution in [3.05, 3.63) is 23.2 Å². The quantitative estimate of drug-likeness (QED) is 0.893. The molecule has 0 aliphatic heterocycles. The van der Waals surface area contributed by atoms with Crippen LogP contribution in [-0.4, -0.2) is 32.0 Å². The van der Waals surface area contributed by atoms with Crippen LogP contribution in [0.3, 0.4) is 0 Å². The van der Waals surface area contributed by atoms with Gasteiger partial charge in [0.25, 0.3) is 0 Å². The highest BCUT2D eigenvalue weighted by Crippen LogP contribution is 2.30. The summed E-state index contributed by atoms with van der Waals surface area (Å²) in [6.45, 7) is 0. The average molecular weight is 320 g/mol. The molecule has 1 aromatic rings. The summed E-state index contributed by atoms with van der Waals surface area (Å²) >= 11 is 5.99. The monoisotopic (exact) mass is 319 g/mol. The van der Waals surface area contributed by atoms with Gasteiger partial charge in [-0.05, 0) is 25.0 Å². The molecule has 1 aromatic carbocycles. The first-order chi connectivity index (χ1) is 9.44. The van der Waals surface area contributed by atoms with Crippen LogP contribution in [0.5, 0.6) is 5.75 Å². The summed E-state index contributed by atoms with van der Waals surface area (Å²) in [6.07, 6.45) is 1.79. The van der Waals surface area contributed by atoms with Crippen LogP contribution in [-0.2, 0) is 10.0 Å². The Hall–Kier alpha value is -0.980. The number of sulfonamides is 1. The van der Waals surface area contributed by atoms with E-state index in [4.69, 9.17) is 16.3 Å².